The molecule has 2 aromatic carbocycles. The minimum absolute atomic E-state index is 0.246. The Balaban J connectivity index is 1.95. The maximum absolute atomic E-state index is 10.9. The summed E-state index contributed by atoms with van der Waals surface area (Å²) in [6.07, 6.45) is 0.623. The van der Waals surface area contributed by atoms with E-state index in [0.717, 1.165) is 22.4 Å². The zero-order chi connectivity index (χ0) is 14.1. The van der Waals surface area contributed by atoms with Crippen LogP contribution in [0.3, 0.4) is 0 Å². The number of fused-ring (bicyclic) bond motifs is 1. The van der Waals surface area contributed by atoms with E-state index in [1.54, 1.807) is 18.2 Å². The predicted molar refractivity (Wildman–Crippen MR) is 77.3 cm³/mol. The quantitative estimate of drug-likeness (QED) is 0.774. The number of carbonyl (C=O) groups is 1. The summed E-state index contributed by atoms with van der Waals surface area (Å²) in [6, 6.07) is 12.4. The number of hydrogen-bond acceptors (Lipinski definition) is 2. The summed E-state index contributed by atoms with van der Waals surface area (Å²) in [7, 11) is 0. The lowest BCUT2D eigenvalue weighted by molar-refractivity contribution is 0.0697. The van der Waals surface area contributed by atoms with Crippen LogP contribution in [0.5, 0.6) is 0 Å². The first-order valence-corrected chi connectivity index (χ1v) is 6.46. The van der Waals surface area contributed by atoms with Crippen molar-refractivity contribution in [2.75, 3.05) is 0 Å². The van der Waals surface area contributed by atoms with E-state index in [-0.39, 0.29) is 5.56 Å². The van der Waals surface area contributed by atoms with Gasteiger partial charge >= 0.3 is 5.97 Å². The molecule has 1 aromatic heterocycles. The Hall–Kier alpha value is -2.33. The van der Waals surface area contributed by atoms with E-state index in [0.29, 0.717) is 11.4 Å². The van der Waals surface area contributed by atoms with Crippen molar-refractivity contribution in [2.24, 2.45) is 0 Å². The van der Waals surface area contributed by atoms with Gasteiger partial charge in [0.25, 0.3) is 0 Å². The zero-order valence-corrected chi connectivity index (χ0v) is 11.2. The number of rotatable bonds is 3. The molecule has 20 heavy (non-hydrogen) atoms. The fraction of sp³-hybridized carbons (Fsp3) is 0.0667. The lowest BCUT2D eigenvalue weighted by Gasteiger charge is -1.98. The predicted octanol–water partition coefficient (Wildman–Crippen LogP) is 3.51. The van der Waals surface area contributed by atoms with Crippen LogP contribution < -0.4 is 0 Å². The molecule has 0 fully saturated rings. The second-order valence-corrected chi connectivity index (χ2v) is 4.96. The molecule has 0 aliphatic carbocycles. The van der Waals surface area contributed by atoms with Crippen LogP contribution in [-0.4, -0.2) is 21.0 Å². The van der Waals surface area contributed by atoms with Crippen molar-refractivity contribution >= 4 is 28.6 Å². The Morgan fingerprint density at radius 2 is 2.10 bits per heavy atom. The molecule has 0 atom stereocenters. The van der Waals surface area contributed by atoms with E-state index in [1.807, 2.05) is 24.3 Å². The fourth-order valence-electron chi connectivity index (χ4n) is 2.12. The minimum Gasteiger partial charge on any atom is -0.478 e. The maximum atomic E-state index is 10.9. The lowest BCUT2D eigenvalue weighted by atomic mass is 10.1. The lowest BCUT2D eigenvalue weighted by Crippen LogP contribution is -1.94. The van der Waals surface area contributed by atoms with E-state index < -0.39 is 5.97 Å². The minimum atomic E-state index is -0.946. The van der Waals surface area contributed by atoms with Crippen LogP contribution in [0.2, 0.25) is 5.02 Å². The summed E-state index contributed by atoms with van der Waals surface area (Å²) in [5.41, 5.74) is 2.78. The van der Waals surface area contributed by atoms with Crippen molar-refractivity contribution in [3.05, 3.63) is 64.4 Å². The van der Waals surface area contributed by atoms with Gasteiger partial charge < -0.3 is 10.1 Å². The van der Waals surface area contributed by atoms with Crippen molar-refractivity contribution in [2.45, 2.75) is 6.42 Å². The third-order valence-electron chi connectivity index (χ3n) is 3.04. The van der Waals surface area contributed by atoms with Gasteiger partial charge in [-0.25, -0.2) is 9.78 Å². The topological polar surface area (TPSA) is 66.0 Å². The van der Waals surface area contributed by atoms with E-state index in [2.05, 4.69) is 9.97 Å². The molecule has 0 aliphatic heterocycles. The van der Waals surface area contributed by atoms with Crippen molar-refractivity contribution in [1.29, 1.82) is 0 Å². The average molecular weight is 287 g/mol. The standard InChI is InChI=1S/C15H11ClN2O2/c16-11-3-1-2-9(6-11)7-14-17-12-5-4-10(15(19)20)8-13(12)18-14/h1-6,8H,7H2,(H,17,18)(H,19,20). The van der Waals surface area contributed by atoms with Crippen molar-refractivity contribution in [1.82, 2.24) is 9.97 Å². The number of aromatic carboxylic acids is 1. The fourth-order valence-corrected chi connectivity index (χ4v) is 2.33. The molecule has 2 N–H and O–H groups in total. The van der Waals surface area contributed by atoms with Crippen molar-refractivity contribution in [3.63, 3.8) is 0 Å². The molecule has 0 bridgehead atoms. The van der Waals surface area contributed by atoms with E-state index >= 15 is 0 Å². The number of carboxylic acids is 1. The van der Waals surface area contributed by atoms with E-state index in [9.17, 15) is 4.79 Å². The first-order valence-electron chi connectivity index (χ1n) is 6.08. The number of nitrogens with one attached hydrogen (secondary N) is 1. The molecule has 0 saturated carbocycles. The van der Waals surface area contributed by atoms with Gasteiger partial charge in [-0.15, -0.1) is 0 Å². The number of hydrogen-bond donors (Lipinski definition) is 2. The number of H-pyrrole nitrogens is 1. The monoisotopic (exact) mass is 286 g/mol. The summed E-state index contributed by atoms with van der Waals surface area (Å²) in [4.78, 5) is 18.5. The molecular weight excluding hydrogens is 276 g/mol. The molecule has 0 radical (unpaired) electrons. The van der Waals surface area contributed by atoms with E-state index in [4.69, 9.17) is 16.7 Å². The second-order valence-electron chi connectivity index (χ2n) is 4.53. The van der Waals surface area contributed by atoms with Gasteiger partial charge in [-0.3, -0.25) is 0 Å². The van der Waals surface area contributed by atoms with Gasteiger partial charge in [-0.1, -0.05) is 23.7 Å². The largest absolute Gasteiger partial charge is 0.478 e. The highest BCUT2D eigenvalue weighted by Gasteiger charge is 2.08. The van der Waals surface area contributed by atoms with Crippen LogP contribution in [-0.2, 0) is 6.42 Å². The van der Waals surface area contributed by atoms with Gasteiger partial charge in [0.15, 0.2) is 0 Å². The van der Waals surface area contributed by atoms with Gasteiger partial charge in [0, 0.05) is 11.4 Å². The second kappa shape index (κ2) is 4.98. The summed E-state index contributed by atoms with van der Waals surface area (Å²) in [5.74, 6) is -0.164. The van der Waals surface area contributed by atoms with Gasteiger partial charge in [-0.05, 0) is 35.9 Å². The molecule has 1 heterocycles. The zero-order valence-electron chi connectivity index (χ0n) is 10.4. The average Bonchev–Trinajstić information content (AvgIpc) is 2.79. The van der Waals surface area contributed by atoms with Crippen LogP contribution in [0.25, 0.3) is 11.0 Å². The molecule has 0 spiro atoms. The smallest absolute Gasteiger partial charge is 0.335 e. The van der Waals surface area contributed by atoms with Crippen molar-refractivity contribution < 1.29 is 9.90 Å². The van der Waals surface area contributed by atoms with Gasteiger partial charge in [-0.2, -0.15) is 0 Å². The van der Waals surface area contributed by atoms with Gasteiger partial charge in [0.1, 0.15) is 5.82 Å². The number of aromatic nitrogens is 2. The summed E-state index contributed by atoms with van der Waals surface area (Å²) in [6.45, 7) is 0. The normalized spacial score (nSPS) is 10.8. The number of nitrogens with zero attached hydrogens (tertiary/aromatic N) is 1. The molecule has 100 valence electrons. The number of imidazole rings is 1. The Kier molecular flexibility index (Phi) is 3.16. The molecule has 0 amide bonds. The summed E-state index contributed by atoms with van der Waals surface area (Å²) in [5, 5.41) is 9.65. The molecule has 0 saturated heterocycles. The molecule has 3 aromatic rings. The van der Waals surface area contributed by atoms with E-state index in [1.165, 1.54) is 0 Å². The maximum Gasteiger partial charge on any atom is 0.335 e. The van der Waals surface area contributed by atoms with Crippen LogP contribution in [0.1, 0.15) is 21.7 Å². The number of carboxylic acid groups (broad SMARTS) is 1. The highest BCUT2D eigenvalue weighted by atomic mass is 35.5. The van der Waals surface area contributed by atoms with Gasteiger partial charge in [0.2, 0.25) is 0 Å². The summed E-state index contributed by atoms with van der Waals surface area (Å²) >= 11 is 5.95. The third kappa shape index (κ3) is 2.51. The Labute approximate surface area is 120 Å². The van der Waals surface area contributed by atoms with Crippen LogP contribution in [0, 0.1) is 0 Å². The molecule has 5 heteroatoms. The molecular formula is C15H11ClN2O2. The Bertz CT molecular complexity index is 795. The third-order valence-corrected chi connectivity index (χ3v) is 3.27. The van der Waals surface area contributed by atoms with Crippen LogP contribution in [0.4, 0.5) is 0 Å². The molecule has 4 nitrogen and oxygen atoms in total. The highest BCUT2D eigenvalue weighted by molar-refractivity contribution is 6.30. The first kappa shape index (κ1) is 12.7. The molecule has 0 unspecified atom stereocenters. The molecule has 0 aliphatic rings. The van der Waals surface area contributed by atoms with Crippen molar-refractivity contribution in [3.8, 4) is 0 Å². The Morgan fingerprint density at radius 1 is 1.25 bits per heavy atom. The summed E-state index contributed by atoms with van der Waals surface area (Å²) < 4.78 is 0. The van der Waals surface area contributed by atoms with Crippen LogP contribution >= 0.6 is 11.6 Å². The Morgan fingerprint density at radius 3 is 2.85 bits per heavy atom. The number of aromatic amines is 1. The van der Waals surface area contributed by atoms with Gasteiger partial charge in [0.05, 0.1) is 16.6 Å². The number of halogens is 1. The number of benzene rings is 2. The first-order chi connectivity index (χ1) is 9.61. The SMILES string of the molecule is O=C(O)c1ccc2nc(Cc3cccc(Cl)c3)[nH]c2c1. The molecule has 3 rings (SSSR count). The van der Waals surface area contributed by atoms with Crippen LogP contribution in [0.15, 0.2) is 42.5 Å². The highest BCUT2D eigenvalue weighted by Crippen LogP contribution is 2.17.